The van der Waals surface area contributed by atoms with Crippen molar-refractivity contribution in [1.29, 1.82) is 0 Å². The number of hydrogen-bond acceptors (Lipinski definition) is 5. The van der Waals surface area contributed by atoms with Crippen LogP contribution in [0, 0.1) is 0 Å². The summed E-state index contributed by atoms with van der Waals surface area (Å²) in [5, 5.41) is 15.2. The smallest absolute Gasteiger partial charge is 0.475 e. The van der Waals surface area contributed by atoms with Gasteiger partial charge in [0.1, 0.15) is 0 Å². The molecule has 0 saturated heterocycles. The SMILES string of the molecule is C.N[C@H](Cc1ccccc1)c1nnc(-c2ccccc2)o1.O=C(O)C(F)(F)F. The Hall–Kier alpha value is -3.20. The monoisotopic (exact) mass is 395 g/mol. The molecule has 0 aliphatic heterocycles. The van der Waals surface area contributed by atoms with Crippen LogP contribution < -0.4 is 5.73 Å². The number of nitrogens with two attached hydrogens (primary N) is 1. The topological polar surface area (TPSA) is 102 Å². The third kappa shape index (κ3) is 6.84. The van der Waals surface area contributed by atoms with E-state index in [-0.39, 0.29) is 13.5 Å². The Balaban J connectivity index is 0.000000425. The van der Waals surface area contributed by atoms with Crippen molar-refractivity contribution in [3.05, 3.63) is 72.1 Å². The van der Waals surface area contributed by atoms with Crippen LogP contribution in [-0.4, -0.2) is 27.4 Å². The highest BCUT2D eigenvalue weighted by molar-refractivity contribution is 5.73. The highest BCUT2D eigenvalue weighted by Gasteiger charge is 2.38. The lowest BCUT2D eigenvalue weighted by Gasteiger charge is -2.06. The minimum absolute atomic E-state index is 0. The van der Waals surface area contributed by atoms with Gasteiger partial charge in [0.05, 0.1) is 6.04 Å². The third-order valence-electron chi connectivity index (χ3n) is 3.32. The fourth-order valence-electron chi connectivity index (χ4n) is 2.04. The largest absolute Gasteiger partial charge is 0.490 e. The van der Waals surface area contributed by atoms with Gasteiger partial charge in [-0.25, -0.2) is 4.79 Å². The number of carboxylic acids is 1. The zero-order valence-electron chi connectivity index (χ0n) is 13.9. The number of carbonyl (C=O) groups is 1. The molecule has 0 amide bonds. The van der Waals surface area contributed by atoms with Gasteiger partial charge in [-0.15, -0.1) is 10.2 Å². The molecular weight excluding hydrogens is 375 g/mol. The van der Waals surface area contributed by atoms with Crippen molar-refractivity contribution in [2.24, 2.45) is 5.73 Å². The zero-order valence-corrected chi connectivity index (χ0v) is 13.9. The van der Waals surface area contributed by atoms with E-state index in [2.05, 4.69) is 10.2 Å². The molecule has 0 aliphatic carbocycles. The van der Waals surface area contributed by atoms with Crippen molar-refractivity contribution in [2.45, 2.75) is 26.1 Å². The minimum Gasteiger partial charge on any atom is -0.475 e. The summed E-state index contributed by atoms with van der Waals surface area (Å²) < 4.78 is 37.4. The van der Waals surface area contributed by atoms with Crippen LogP contribution in [0.25, 0.3) is 11.5 Å². The second-order valence-electron chi connectivity index (χ2n) is 5.41. The van der Waals surface area contributed by atoms with Gasteiger partial charge < -0.3 is 15.3 Å². The molecule has 28 heavy (non-hydrogen) atoms. The molecule has 3 rings (SSSR count). The van der Waals surface area contributed by atoms with E-state index in [1.807, 2.05) is 60.7 Å². The third-order valence-corrected chi connectivity index (χ3v) is 3.32. The second kappa shape index (κ2) is 10.2. The van der Waals surface area contributed by atoms with Gasteiger partial charge in [-0.1, -0.05) is 56.0 Å². The van der Waals surface area contributed by atoms with Gasteiger partial charge in [-0.05, 0) is 24.1 Å². The van der Waals surface area contributed by atoms with Crippen LogP contribution in [0.1, 0.15) is 24.9 Å². The van der Waals surface area contributed by atoms with Crippen LogP contribution in [0.15, 0.2) is 65.1 Å². The maximum atomic E-state index is 10.6. The normalized spacial score (nSPS) is 11.6. The fraction of sp³-hybridized carbons (Fsp3) is 0.211. The quantitative estimate of drug-likeness (QED) is 0.685. The number of alkyl halides is 3. The molecule has 0 aliphatic rings. The Bertz CT molecular complexity index is 853. The van der Waals surface area contributed by atoms with Crippen molar-refractivity contribution >= 4 is 5.97 Å². The Morgan fingerprint density at radius 2 is 1.54 bits per heavy atom. The number of rotatable bonds is 4. The van der Waals surface area contributed by atoms with E-state index in [1.165, 1.54) is 0 Å². The lowest BCUT2D eigenvalue weighted by atomic mass is 10.1. The number of halogens is 3. The van der Waals surface area contributed by atoms with E-state index in [0.717, 1.165) is 11.1 Å². The zero-order chi connectivity index (χ0) is 19.9. The summed E-state index contributed by atoms with van der Waals surface area (Å²) in [6.45, 7) is 0. The molecule has 150 valence electrons. The number of aliphatic carboxylic acids is 1. The summed E-state index contributed by atoms with van der Waals surface area (Å²) >= 11 is 0. The van der Waals surface area contributed by atoms with E-state index in [4.69, 9.17) is 20.1 Å². The van der Waals surface area contributed by atoms with Gasteiger partial charge in [-0.3, -0.25) is 0 Å². The summed E-state index contributed by atoms with van der Waals surface area (Å²) in [4.78, 5) is 8.90. The second-order valence-corrected chi connectivity index (χ2v) is 5.41. The molecule has 3 N–H and O–H groups in total. The molecule has 6 nitrogen and oxygen atoms in total. The van der Waals surface area contributed by atoms with E-state index in [0.29, 0.717) is 18.2 Å². The predicted molar refractivity (Wildman–Crippen MR) is 97.2 cm³/mol. The molecule has 1 aromatic heterocycles. The average Bonchev–Trinajstić information content (AvgIpc) is 3.13. The van der Waals surface area contributed by atoms with Crippen molar-refractivity contribution in [2.75, 3.05) is 0 Å². The Labute approximate surface area is 159 Å². The first-order valence-electron chi connectivity index (χ1n) is 7.76. The molecule has 0 bridgehead atoms. The molecule has 9 heteroatoms. The number of carboxylic acid groups (broad SMARTS) is 1. The van der Waals surface area contributed by atoms with Gasteiger partial charge in [0.25, 0.3) is 0 Å². The Morgan fingerprint density at radius 1 is 1.04 bits per heavy atom. The number of hydrogen-bond donors (Lipinski definition) is 2. The summed E-state index contributed by atoms with van der Waals surface area (Å²) in [5.74, 6) is -1.79. The summed E-state index contributed by atoms with van der Waals surface area (Å²) in [6.07, 6.45) is -4.41. The van der Waals surface area contributed by atoms with E-state index in [9.17, 15) is 13.2 Å². The van der Waals surface area contributed by atoms with Crippen molar-refractivity contribution in [1.82, 2.24) is 10.2 Å². The Kier molecular flexibility index (Phi) is 8.33. The van der Waals surface area contributed by atoms with Crippen molar-refractivity contribution in [3.8, 4) is 11.5 Å². The molecule has 0 fully saturated rings. The first-order chi connectivity index (χ1) is 12.8. The van der Waals surface area contributed by atoms with Gasteiger partial charge in [-0.2, -0.15) is 13.2 Å². The maximum Gasteiger partial charge on any atom is 0.490 e. The van der Waals surface area contributed by atoms with Crippen molar-refractivity contribution in [3.63, 3.8) is 0 Å². The van der Waals surface area contributed by atoms with Gasteiger partial charge in [0, 0.05) is 5.56 Å². The first-order valence-corrected chi connectivity index (χ1v) is 7.76. The van der Waals surface area contributed by atoms with Crippen LogP contribution in [0.3, 0.4) is 0 Å². The van der Waals surface area contributed by atoms with Gasteiger partial charge >= 0.3 is 12.1 Å². The highest BCUT2D eigenvalue weighted by atomic mass is 19.4. The van der Waals surface area contributed by atoms with Crippen LogP contribution in [-0.2, 0) is 11.2 Å². The molecule has 0 unspecified atom stereocenters. The molecule has 1 heterocycles. The number of benzene rings is 2. The predicted octanol–water partition coefficient (Wildman–Crippen LogP) is 4.25. The molecule has 2 aromatic carbocycles. The number of nitrogens with zero attached hydrogens (tertiary/aromatic N) is 2. The van der Waals surface area contributed by atoms with Gasteiger partial charge in [0.2, 0.25) is 11.8 Å². The molecule has 0 spiro atoms. The van der Waals surface area contributed by atoms with Crippen LogP contribution in [0.5, 0.6) is 0 Å². The Morgan fingerprint density at radius 3 is 2.04 bits per heavy atom. The van der Waals surface area contributed by atoms with E-state index >= 15 is 0 Å². The first kappa shape index (κ1) is 22.8. The van der Waals surface area contributed by atoms with E-state index < -0.39 is 12.1 Å². The highest BCUT2D eigenvalue weighted by Crippen LogP contribution is 2.21. The molecule has 0 saturated carbocycles. The lowest BCUT2D eigenvalue weighted by Crippen LogP contribution is -2.21. The molecule has 0 radical (unpaired) electrons. The summed E-state index contributed by atoms with van der Waals surface area (Å²) in [6, 6.07) is 19.4. The van der Waals surface area contributed by atoms with Crippen LogP contribution >= 0.6 is 0 Å². The standard InChI is InChI=1S/C16H15N3O.C2HF3O2.CH4/c17-14(11-12-7-3-1-4-8-12)16-19-18-15(20-16)13-9-5-2-6-10-13;3-2(4,5)1(6)7;/h1-10,14H,11,17H2;(H,6,7);1H4/t14-;;/m1../s1. The fourth-order valence-corrected chi connectivity index (χ4v) is 2.04. The average molecular weight is 395 g/mol. The van der Waals surface area contributed by atoms with Crippen LogP contribution in [0.4, 0.5) is 13.2 Å². The molecule has 1 atom stereocenters. The van der Waals surface area contributed by atoms with E-state index in [1.54, 1.807) is 0 Å². The summed E-state index contributed by atoms with van der Waals surface area (Å²) in [7, 11) is 0. The molecular formula is C19H20F3N3O3. The van der Waals surface area contributed by atoms with Crippen LogP contribution in [0.2, 0.25) is 0 Å². The lowest BCUT2D eigenvalue weighted by molar-refractivity contribution is -0.192. The maximum absolute atomic E-state index is 10.6. The van der Waals surface area contributed by atoms with Crippen molar-refractivity contribution < 1.29 is 27.5 Å². The van der Waals surface area contributed by atoms with Gasteiger partial charge in [0.15, 0.2) is 0 Å². The number of aromatic nitrogens is 2. The molecule has 3 aromatic rings. The summed E-state index contributed by atoms with van der Waals surface area (Å²) in [5.41, 5.74) is 8.18. The minimum atomic E-state index is -5.08.